The van der Waals surface area contributed by atoms with E-state index < -0.39 is 0 Å². The van der Waals surface area contributed by atoms with E-state index in [9.17, 15) is 0 Å². The Balaban J connectivity index is 1.92. The molecule has 3 heteroatoms. The van der Waals surface area contributed by atoms with Crippen LogP contribution < -0.4 is 0 Å². The Morgan fingerprint density at radius 2 is 1.46 bits per heavy atom. The summed E-state index contributed by atoms with van der Waals surface area (Å²) in [4.78, 5) is 14.4. The SMILES string of the molecule is CC(=Nc1c(C)cc(C)cc1C)c1cccc(C(C)=NC2C=CC=C2)n1. The molecule has 0 N–H and O–H groups in total. The summed E-state index contributed by atoms with van der Waals surface area (Å²) in [6, 6.07) is 10.5. The predicted molar refractivity (Wildman–Crippen MR) is 111 cm³/mol. The van der Waals surface area contributed by atoms with Gasteiger partial charge in [-0.15, -0.1) is 0 Å². The van der Waals surface area contributed by atoms with Crippen LogP contribution in [0.1, 0.15) is 41.9 Å². The van der Waals surface area contributed by atoms with Crippen molar-refractivity contribution in [3.8, 4) is 0 Å². The van der Waals surface area contributed by atoms with Gasteiger partial charge in [-0.3, -0.25) is 9.98 Å². The van der Waals surface area contributed by atoms with E-state index in [0.717, 1.165) is 28.5 Å². The van der Waals surface area contributed by atoms with Crippen molar-refractivity contribution >= 4 is 17.1 Å². The fraction of sp³-hybridized carbons (Fsp3) is 0.261. The quantitative estimate of drug-likeness (QED) is 0.680. The lowest BCUT2D eigenvalue weighted by atomic mass is 10.1. The molecule has 0 saturated carbocycles. The highest BCUT2D eigenvalue weighted by atomic mass is 14.8. The van der Waals surface area contributed by atoms with Gasteiger partial charge in [0.2, 0.25) is 0 Å². The van der Waals surface area contributed by atoms with E-state index in [4.69, 9.17) is 15.0 Å². The van der Waals surface area contributed by atoms with Gasteiger partial charge in [0.1, 0.15) is 0 Å². The largest absolute Gasteiger partial charge is 0.276 e. The van der Waals surface area contributed by atoms with Gasteiger partial charge in [0.15, 0.2) is 0 Å². The number of rotatable bonds is 4. The fourth-order valence-corrected chi connectivity index (χ4v) is 3.21. The zero-order chi connectivity index (χ0) is 18.7. The molecule has 132 valence electrons. The molecule has 3 rings (SSSR count). The molecule has 26 heavy (non-hydrogen) atoms. The Kier molecular flexibility index (Phi) is 5.27. The van der Waals surface area contributed by atoms with Crippen LogP contribution in [0, 0.1) is 20.8 Å². The lowest BCUT2D eigenvalue weighted by Crippen LogP contribution is -2.07. The second-order valence-corrected chi connectivity index (χ2v) is 6.83. The first-order valence-corrected chi connectivity index (χ1v) is 8.94. The van der Waals surface area contributed by atoms with Gasteiger partial charge in [0, 0.05) is 0 Å². The zero-order valence-corrected chi connectivity index (χ0v) is 16.1. The smallest absolute Gasteiger partial charge is 0.0871 e. The monoisotopic (exact) mass is 343 g/mol. The Morgan fingerprint density at radius 3 is 2.08 bits per heavy atom. The topological polar surface area (TPSA) is 37.6 Å². The second-order valence-electron chi connectivity index (χ2n) is 6.83. The number of benzene rings is 1. The van der Waals surface area contributed by atoms with Crippen LogP contribution in [0.4, 0.5) is 5.69 Å². The van der Waals surface area contributed by atoms with Crippen molar-refractivity contribution in [2.75, 3.05) is 0 Å². The highest BCUT2D eigenvalue weighted by molar-refractivity contribution is 6.01. The molecule has 0 bridgehead atoms. The van der Waals surface area contributed by atoms with Crippen LogP contribution in [0.3, 0.4) is 0 Å². The van der Waals surface area contributed by atoms with Crippen molar-refractivity contribution in [3.05, 3.63) is 82.7 Å². The van der Waals surface area contributed by atoms with Gasteiger partial charge >= 0.3 is 0 Å². The summed E-state index contributed by atoms with van der Waals surface area (Å²) < 4.78 is 0. The first kappa shape index (κ1) is 18.0. The molecule has 0 saturated heterocycles. The minimum absolute atomic E-state index is 0.119. The molecular weight excluding hydrogens is 318 g/mol. The zero-order valence-electron chi connectivity index (χ0n) is 16.1. The van der Waals surface area contributed by atoms with E-state index in [1.165, 1.54) is 16.7 Å². The highest BCUT2D eigenvalue weighted by Gasteiger charge is 2.08. The number of hydrogen-bond acceptors (Lipinski definition) is 3. The molecule has 0 amide bonds. The Labute approximate surface area is 155 Å². The molecule has 1 aromatic heterocycles. The summed E-state index contributed by atoms with van der Waals surface area (Å²) in [6.45, 7) is 10.3. The van der Waals surface area contributed by atoms with Crippen molar-refractivity contribution in [2.24, 2.45) is 9.98 Å². The third-order valence-corrected chi connectivity index (χ3v) is 4.48. The van der Waals surface area contributed by atoms with Gasteiger partial charge in [-0.05, 0) is 57.9 Å². The first-order chi connectivity index (χ1) is 12.4. The van der Waals surface area contributed by atoms with E-state index in [1.807, 2.05) is 44.2 Å². The standard InChI is InChI=1S/C23H25N3/c1-15-13-16(2)23(17(3)14-15)25-19(5)22-12-8-11-21(26-22)18(4)24-20-9-6-7-10-20/h6-14,20H,1-5H3. The summed E-state index contributed by atoms with van der Waals surface area (Å²) in [7, 11) is 0. The third-order valence-electron chi connectivity index (χ3n) is 4.48. The molecule has 0 atom stereocenters. The van der Waals surface area contributed by atoms with E-state index >= 15 is 0 Å². The molecule has 2 aromatic rings. The summed E-state index contributed by atoms with van der Waals surface area (Å²) in [5.41, 5.74) is 8.30. The number of aromatic nitrogens is 1. The average Bonchev–Trinajstić information content (AvgIpc) is 3.11. The maximum absolute atomic E-state index is 4.87. The molecule has 1 aromatic carbocycles. The summed E-state index contributed by atoms with van der Waals surface area (Å²) in [5.74, 6) is 0. The maximum Gasteiger partial charge on any atom is 0.0871 e. The number of hydrogen-bond donors (Lipinski definition) is 0. The van der Waals surface area contributed by atoms with E-state index in [-0.39, 0.29) is 6.04 Å². The highest BCUT2D eigenvalue weighted by Crippen LogP contribution is 2.26. The van der Waals surface area contributed by atoms with Gasteiger partial charge in [-0.25, -0.2) is 4.98 Å². The molecule has 0 unspecified atom stereocenters. The molecule has 1 heterocycles. The van der Waals surface area contributed by atoms with Crippen molar-refractivity contribution in [2.45, 2.75) is 40.7 Å². The number of nitrogens with zero attached hydrogens (tertiary/aromatic N) is 3. The van der Waals surface area contributed by atoms with E-state index in [1.54, 1.807) is 0 Å². The molecule has 0 aliphatic heterocycles. The fourth-order valence-electron chi connectivity index (χ4n) is 3.21. The van der Waals surface area contributed by atoms with E-state index in [2.05, 4.69) is 45.1 Å². The van der Waals surface area contributed by atoms with Crippen LogP contribution in [0.25, 0.3) is 0 Å². The Morgan fingerprint density at radius 1 is 0.885 bits per heavy atom. The maximum atomic E-state index is 4.87. The van der Waals surface area contributed by atoms with Crippen LogP contribution in [0.15, 0.2) is 64.6 Å². The van der Waals surface area contributed by atoms with Gasteiger partial charge in [0.25, 0.3) is 0 Å². The van der Waals surface area contributed by atoms with Gasteiger partial charge in [0.05, 0.1) is 34.5 Å². The van der Waals surface area contributed by atoms with Gasteiger partial charge in [-0.1, -0.05) is 48.1 Å². The number of pyridine rings is 1. The Hall–Kier alpha value is -2.81. The van der Waals surface area contributed by atoms with Crippen LogP contribution in [-0.4, -0.2) is 22.4 Å². The lowest BCUT2D eigenvalue weighted by Gasteiger charge is -2.09. The summed E-state index contributed by atoms with van der Waals surface area (Å²) >= 11 is 0. The predicted octanol–water partition coefficient (Wildman–Crippen LogP) is 5.45. The molecule has 0 radical (unpaired) electrons. The molecule has 1 aliphatic rings. The second kappa shape index (κ2) is 7.61. The van der Waals surface area contributed by atoms with E-state index in [0.29, 0.717) is 0 Å². The van der Waals surface area contributed by atoms with Crippen LogP contribution in [0.2, 0.25) is 0 Å². The average molecular weight is 343 g/mol. The lowest BCUT2D eigenvalue weighted by molar-refractivity contribution is 1.04. The van der Waals surface area contributed by atoms with Crippen LogP contribution in [0.5, 0.6) is 0 Å². The minimum atomic E-state index is 0.119. The van der Waals surface area contributed by atoms with Crippen molar-refractivity contribution < 1.29 is 0 Å². The molecule has 3 nitrogen and oxygen atoms in total. The molecule has 1 aliphatic carbocycles. The van der Waals surface area contributed by atoms with Gasteiger partial charge in [-0.2, -0.15) is 0 Å². The Bertz CT molecular complexity index is 911. The molecular formula is C23H25N3. The minimum Gasteiger partial charge on any atom is -0.276 e. The summed E-state index contributed by atoms with van der Waals surface area (Å²) in [6.07, 6.45) is 8.19. The third kappa shape index (κ3) is 4.05. The first-order valence-electron chi connectivity index (χ1n) is 8.94. The van der Waals surface area contributed by atoms with Crippen LogP contribution in [-0.2, 0) is 0 Å². The van der Waals surface area contributed by atoms with Crippen molar-refractivity contribution in [1.82, 2.24) is 4.98 Å². The van der Waals surface area contributed by atoms with Crippen molar-refractivity contribution in [1.29, 1.82) is 0 Å². The number of allylic oxidation sites excluding steroid dienone is 2. The summed E-state index contributed by atoms with van der Waals surface area (Å²) in [5, 5.41) is 0. The van der Waals surface area contributed by atoms with Crippen LogP contribution >= 0.6 is 0 Å². The van der Waals surface area contributed by atoms with Crippen molar-refractivity contribution in [3.63, 3.8) is 0 Å². The van der Waals surface area contributed by atoms with Gasteiger partial charge < -0.3 is 0 Å². The molecule has 0 spiro atoms. The molecule has 0 fully saturated rings. The number of aryl methyl sites for hydroxylation is 3. The number of aliphatic imine (C=N–C) groups is 2. The normalized spacial score (nSPS) is 15.1.